The molecule has 69 heavy (non-hydrogen) atoms. The summed E-state index contributed by atoms with van der Waals surface area (Å²) in [5.41, 5.74) is 17.0. The Morgan fingerprint density at radius 2 is 1.03 bits per heavy atom. The molecule has 1 unspecified atom stereocenters. The summed E-state index contributed by atoms with van der Waals surface area (Å²) in [4.78, 5) is 20.9. The first kappa shape index (κ1) is 59.1. The predicted octanol–water partition coefficient (Wildman–Crippen LogP) is 16.5. The van der Waals surface area contributed by atoms with E-state index in [1.807, 2.05) is 6.92 Å². The van der Waals surface area contributed by atoms with Crippen molar-refractivity contribution in [1.82, 2.24) is 9.55 Å². The maximum absolute atomic E-state index is 14.2. The number of aromatic nitrogens is 2. The van der Waals surface area contributed by atoms with Gasteiger partial charge in [-0.2, -0.15) is 18.2 Å². The first-order chi connectivity index (χ1) is 33.4. The van der Waals surface area contributed by atoms with Crippen LogP contribution in [0.3, 0.4) is 0 Å². The number of hydrogen-bond acceptors (Lipinski definition) is 8. The zero-order chi connectivity index (χ0) is 49.6. The van der Waals surface area contributed by atoms with Crippen molar-refractivity contribution in [3.05, 3.63) is 34.1 Å². The smallest absolute Gasteiger partial charge is 0.398 e. The molecule has 12 heteroatoms. The Balaban J connectivity index is 1.39. The summed E-state index contributed by atoms with van der Waals surface area (Å²) in [6, 6.07) is 3.87. The molecule has 0 amide bonds. The molecule has 8 nitrogen and oxygen atoms in total. The van der Waals surface area contributed by atoms with Crippen molar-refractivity contribution >= 4 is 29.2 Å². The molecule has 1 spiro atoms. The van der Waals surface area contributed by atoms with E-state index in [-0.39, 0.29) is 33.2 Å². The zero-order valence-corrected chi connectivity index (χ0v) is 44.6. The Labute approximate surface area is 422 Å². The fourth-order valence-electron chi connectivity index (χ4n) is 11.0. The number of hydrogen-bond donors (Lipinski definition) is 3. The first-order valence-corrected chi connectivity index (χ1v) is 29.4. The molecule has 2 aliphatic heterocycles. The van der Waals surface area contributed by atoms with Crippen LogP contribution < -0.4 is 27.7 Å². The minimum absolute atomic E-state index is 0.0443. The van der Waals surface area contributed by atoms with Crippen LogP contribution in [0.25, 0.3) is 0 Å². The van der Waals surface area contributed by atoms with E-state index in [0.717, 1.165) is 44.9 Å². The highest BCUT2D eigenvalue weighted by molar-refractivity contribution is 7.99. The first-order valence-electron chi connectivity index (χ1n) is 28.5. The van der Waals surface area contributed by atoms with Crippen LogP contribution in [0.5, 0.6) is 0 Å². The molecule has 2 aliphatic rings. The minimum atomic E-state index is -4.70. The molecule has 396 valence electrons. The SMILES string of the molecule is C[C@@H]1OCC2(CCCCCCCCCCCCCCCCCCCCCCCCCCCCCCCCCCCCCCN(c3nc(N)c(Sc4cccc(N)c4C(F)(F)F)c(=O)n3C)C2)C[C@@H]1N. The fourth-order valence-corrected chi connectivity index (χ4v) is 12.1. The second-order valence-electron chi connectivity index (χ2n) is 21.6. The number of benzene rings is 1. The van der Waals surface area contributed by atoms with Gasteiger partial charge in [-0.3, -0.25) is 9.36 Å². The summed E-state index contributed by atoms with van der Waals surface area (Å²) in [5.74, 6) is 0.341. The molecular weight excluding hydrogens is 890 g/mol. The van der Waals surface area contributed by atoms with Gasteiger partial charge in [0.15, 0.2) is 0 Å². The molecule has 0 radical (unpaired) electrons. The number of rotatable bonds is 3. The highest BCUT2D eigenvalue weighted by Gasteiger charge is 2.41. The lowest BCUT2D eigenvalue weighted by Crippen LogP contribution is -2.53. The molecule has 0 saturated carbocycles. The highest BCUT2D eigenvalue weighted by atomic mass is 32.2. The maximum atomic E-state index is 14.2. The van der Waals surface area contributed by atoms with Crippen LogP contribution in [0, 0.1) is 5.41 Å². The summed E-state index contributed by atoms with van der Waals surface area (Å²) >= 11 is 0.673. The third kappa shape index (κ3) is 22.9. The van der Waals surface area contributed by atoms with Crippen LogP contribution in [-0.2, 0) is 18.0 Å². The monoisotopic (exact) mass is 989 g/mol. The zero-order valence-electron chi connectivity index (χ0n) is 43.8. The number of nitrogens with two attached hydrogens (primary N) is 3. The number of nitrogen functional groups attached to an aromatic ring is 2. The standard InChI is InChI=1S/C57H99F3N6O2S/c1-47-49(62)44-56(46-68-47)42-37-35-33-31-29-27-25-23-21-19-17-15-13-11-9-7-5-3-4-6-8-10-12-14-16-18-20-22-24-26-28-30-32-34-36-38-43-66(45-56)55-64-53(63)52(54(67)65(55)2)69-50-41-39-40-48(61)51(50)57(58,59)60/h39-41,47,49H,3-38,42-46,61-63H2,1-2H3/t47-,49-,56?/m0/s1. The second kappa shape index (κ2) is 34.1. The van der Waals surface area contributed by atoms with Crippen LogP contribution in [0.15, 0.2) is 32.8 Å². The van der Waals surface area contributed by atoms with Gasteiger partial charge in [0.2, 0.25) is 5.95 Å². The minimum Gasteiger partial charge on any atom is -0.398 e. The molecular formula is C57H99F3N6O2S. The summed E-state index contributed by atoms with van der Waals surface area (Å²) in [6.45, 7) is 3.90. The molecule has 0 bridgehead atoms. The van der Waals surface area contributed by atoms with Gasteiger partial charge in [-0.05, 0) is 38.3 Å². The Morgan fingerprint density at radius 1 is 0.638 bits per heavy atom. The van der Waals surface area contributed by atoms with Gasteiger partial charge >= 0.3 is 6.18 Å². The lowest BCUT2D eigenvalue weighted by Gasteiger charge is -2.45. The van der Waals surface area contributed by atoms with Gasteiger partial charge < -0.3 is 26.8 Å². The van der Waals surface area contributed by atoms with Crippen LogP contribution in [0.1, 0.15) is 256 Å². The average Bonchev–Trinajstić information content (AvgIpc) is 3.31. The normalized spacial score (nSPS) is 24.8. The molecule has 4 rings (SSSR count). The third-order valence-electron chi connectivity index (χ3n) is 15.4. The molecule has 2 fully saturated rings. The van der Waals surface area contributed by atoms with E-state index < -0.39 is 23.0 Å². The van der Waals surface area contributed by atoms with E-state index in [0.29, 0.717) is 37.4 Å². The van der Waals surface area contributed by atoms with E-state index in [4.69, 9.17) is 26.9 Å². The van der Waals surface area contributed by atoms with E-state index in [9.17, 15) is 18.0 Å². The van der Waals surface area contributed by atoms with Crippen molar-refractivity contribution in [3.8, 4) is 0 Å². The van der Waals surface area contributed by atoms with Gasteiger partial charge in [-0.25, -0.2) is 0 Å². The summed E-state index contributed by atoms with van der Waals surface area (Å²) in [7, 11) is 1.65. The number of ether oxygens (including phenoxy) is 1. The van der Waals surface area contributed by atoms with Crippen LogP contribution in [-0.4, -0.2) is 41.4 Å². The fraction of sp³-hybridized carbons (Fsp3) is 0.825. The summed E-state index contributed by atoms with van der Waals surface area (Å²) in [6.07, 6.45) is 45.0. The van der Waals surface area contributed by atoms with E-state index in [1.165, 1.54) is 222 Å². The van der Waals surface area contributed by atoms with Gasteiger partial charge in [0, 0.05) is 42.2 Å². The highest BCUT2D eigenvalue weighted by Crippen LogP contribution is 2.43. The number of nitrogens with zero attached hydrogens (tertiary/aromatic N) is 3. The quantitative estimate of drug-likeness (QED) is 0.260. The number of halogens is 3. The van der Waals surface area contributed by atoms with Crippen molar-refractivity contribution < 1.29 is 17.9 Å². The lowest BCUT2D eigenvalue weighted by molar-refractivity contribution is -0.139. The van der Waals surface area contributed by atoms with E-state index in [1.54, 1.807) is 7.05 Å². The van der Waals surface area contributed by atoms with Gasteiger partial charge in [-0.1, -0.05) is 243 Å². The number of alkyl halides is 3. The molecule has 1 aromatic heterocycles. The van der Waals surface area contributed by atoms with Gasteiger partial charge in [0.25, 0.3) is 5.56 Å². The third-order valence-corrected chi connectivity index (χ3v) is 16.6. The molecule has 0 aliphatic carbocycles. The van der Waals surface area contributed by atoms with Crippen molar-refractivity contribution in [2.45, 2.75) is 279 Å². The molecule has 2 saturated heterocycles. The van der Waals surface area contributed by atoms with Gasteiger partial charge in [0.05, 0.1) is 18.3 Å². The van der Waals surface area contributed by atoms with Crippen LogP contribution in [0.2, 0.25) is 0 Å². The van der Waals surface area contributed by atoms with E-state index in [2.05, 4.69) is 4.90 Å². The Morgan fingerprint density at radius 3 is 1.42 bits per heavy atom. The van der Waals surface area contributed by atoms with Crippen LogP contribution in [0.4, 0.5) is 30.6 Å². The molecule has 3 heterocycles. The second-order valence-corrected chi connectivity index (χ2v) is 22.6. The van der Waals surface area contributed by atoms with Crippen molar-refractivity contribution in [1.29, 1.82) is 0 Å². The predicted molar refractivity (Wildman–Crippen MR) is 287 cm³/mol. The lowest BCUT2D eigenvalue weighted by atomic mass is 9.74. The van der Waals surface area contributed by atoms with Crippen molar-refractivity contribution in [3.63, 3.8) is 0 Å². The molecule has 2 aromatic rings. The van der Waals surface area contributed by atoms with E-state index >= 15 is 0 Å². The summed E-state index contributed by atoms with van der Waals surface area (Å²) in [5, 5.41) is 0. The number of anilines is 3. The molecule has 6 N–H and O–H groups in total. The van der Waals surface area contributed by atoms with Crippen LogP contribution >= 0.6 is 11.8 Å². The Bertz CT molecular complexity index is 1730. The Hall–Kier alpha value is -2.44. The van der Waals surface area contributed by atoms with Crippen molar-refractivity contribution in [2.24, 2.45) is 18.2 Å². The van der Waals surface area contributed by atoms with Crippen molar-refractivity contribution in [2.75, 3.05) is 36.1 Å². The maximum Gasteiger partial charge on any atom is 0.419 e. The average molecular weight is 990 g/mol. The largest absolute Gasteiger partial charge is 0.419 e. The molecule has 1 aromatic carbocycles. The molecule has 3 atom stereocenters. The topological polar surface area (TPSA) is 125 Å². The van der Waals surface area contributed by atoms with Gasteiger partial charge in [-0.15, -0.1) is 0 Å². The van der Waals surface area contributed by atoms with Gasteiger partial charge in [0.1, 0.15) is 10.7 Å². The summed E-state index contributed by atoms with van der Waals surface area (Å²) < 4.78 is 50.3. The Kier molecular flexibility index (Phi) is 29.2.